The molecule has 1 aromatic heterocycles. The van der Waals surface area contributed by atoms with Crippen molar-refractivity contribution in [1.29, 1.82) is 0 Å². The van der Waals surface area contributed by atoms with Crippen LogP contribution in [0.5, 0.6) is 5.75 Å². The number of imidazole rings is 1. The van der Waals surface area contributed by atoms with Crippen molar-refractivity contribution >= 4 is 0 Å². The number of aryl methyl sites for hydroxylation is 1. The molecule has 21 heavy (non-hydrogen) atoms. The molecule has 0 atom stereocenters. The molecule has 0 unspecified atom stereocenters. The van der Waals surface area contributed by atoms with Gasteiger partial charge < -0.3 is 14.6 Å². The lowest BCUT2D eigenvalue weighted by molar-refractivity contribution is 0.262. The van der Waals surface area contributed by atoms with Crippen LogP contribution < -0.4 is 10.1 Å². The van der Waals surface area contributed by atoms with Crippen LogP contribution in [-0.4, -0.2) is 16.1 Å². The Hall–Kier alpha value is -1.95. The van der Waals surface area contributed by atoms with Crippen molar-refractivity contribution in [3.05, 3.63) is 47.5 Å². The second-order valence-electron chi connectivity index (χ2n) is 4.81. The molecule has 2 rings (SSSR count). The highest BCUT2D eigenvalue weighted by Gasteiger charge is 2.13. The van der Waals surface area contributed by atoms with Gasteiger partial charge in [-0.2, -0.15) is 0 Å². The Morgan fingerprint density at radius 1 is 1.29 bits per heavy atom. The average Bonchev–Trinajstić information content (AvgIpc) is 2.84. The van der Waals surface area contributed by atoms with E-state index in [1.807, 2.05) is 6.92 Å². The molecule has 0 bridgehead atoms. The number of nitrogens with one attached hydrogen (secondary N) is 1. The van der Waals surface area contributed by atoms with Crippen LogP contribution in [0.2, 0.25) is 0 Å². The van der Waals surface area contributed by atoms with Crippen LogP contribution in [0.15, 0.2) is 24.5 Å². The van der Waals surface area contributed by atoms with E-state index < -0.39 is 11.6 Å². The molecule has 6 heteroatoms. The third-order valence-electron chi connectivity index (χ3n) is 3.08. The predicted octanol–water partition coefficient (Wildman–Crippen LogP) is 2.78. The fourth-order valence-electron chi connectivity index (χ4n) is 1.93. The molecule has 0 aliphatic rings. The second-order valence-corrected chi connectivity index (χ2v) is 4.81. The van der Waals surface area contributed by atoms with Crippen LogP contribution in [0.3, 0.4) is 0 Å². The van der Waals surface area contributed by atoms with Crippen molar-refractivity contribution in [2.24, 2.45) is 7.05 Å². The van der Waals surface area contributed by atoms with Crippen LogP contribution in [0.4, 0.5) is 8.78 Å². The Balaban J connectivity index is 2.04. The van der Waals surface area contributed by atoms with Crippen LogP contribution in [0, 0.1) is 11.6 Å². The van der Waals surface area contributed by atoms with Gasteiger partial charge in [-0.25, -0.2) is 13.8 Å². The molecule has 4 nitrogen and oxygen atoms in total. The predicted molar refractivity (Wildman–Crippen MR) is 75.9 cm³/mol. The number of hydrogen-bond donors (Lipinski definition) is 1. The summed E-state index contributed by atoms with van der Waals surface area (Å²) in [6.45, 7) is 3.29. The number of nitrogens with zero attached hydrogens (tertiary/aromatic N) is 2. The first-order valence-corrected chi connectivity index (χ1v) is 6.89. The maximum atomic E-state index is 13.9. The molecule has 0 spiro atoms. The molecule has 1 aromatic carbocycles. The van der Waals surface area contributed by atoms with Crippen molar-refractivity contribution in [3.8, 4) is 5.75 Å². The molecule has 0 radical (unpaired) electrons. The largest absolute Gasteiger partial charge is 0.480 e. The monoisotopic (exact) mass is 295 g/mol. The maximum absolute atomic E-state index is 13.9. The third kappa shape index (κ3) is 4.01. The van der Waals surface area contributed by atoms with Crippen molar-refractivity contribution in [1.82, 2.24) is 14.9 Å². The van der Waals surface area contributed by atoms with Gasteiger partial charge in [0.1, 0.15) is 12.4 Å². The van der Waals surface area contributed by atoms with Gasteiger partial charge in [0.15, 0.2) is 17.4 Å². The maximum Gasteiger partial charge on any atom is 0.191 e. The van der Waals surface area contributed by atoms with E-state index in [-0.39, 0.29) is 12.4 Å². The zero-order chi connectivity index (χ0) is 15.2. The standard InChI is InChI=1S/C15H19F2N3O/c1-3-4-18-9-11-7-12(16)15(13(17)8-11)21-10-14-19-5-6-20(14)2/h5-8,18H,3-4,9-10H2,1-2H3. The Morgan fingerprint density at radius 2 is 2.00 bits per heavy atom. The van der Waals surface area contributed by atoms with Gasteiger partial charge in [0.2, 0.25) is 0 Å². The van der Waals surface area contributed by atoms with Crippen LogP contribution in [-0.2, 0) is 20.2 Å². The molecule has 1 heterocycles. The lowest BCUT2D eigenvalue weighted by atomic mass is 10.2. The first-order chi connectivity index (χ1) is 10.1. The van der Waals surface area contributed by atoms with Crippen molar-refractivity contribution in [3.63, 3.8) is 0 Å². The van der Waals surface area contributed by atoms with E-state index in [0.29, 0.717) is 17.9 Å². The minimum atomic E-state index is -0.697. The van der Waals surface area contributed by atoms with Gasteiger partial charge in [-0.15, -0.1) is 0 Å². The number of benzene rings is 1. The van der Waals surface area contributed by atoms with E-state index in [9.17, 15) is 8.78 Å². The molecule has 1 N–H and O–H groups in total. The van der Waals surface area contributed by atoms with Gasteiger partial charge in [-0.3, -0.25) is 0 Å². The van der Waals surface area contributed by atoms with Crippen LogP contribution in [0.1, 0.15) is 24.7 Å². The molecule has 0 aliphatic heterocycles. The lowest BCUT2D eigenvalue weighted by Crippen LogP contribution is -2.14. The summed E-state index contributed by atoms with van der Waals surface area (Å²) in [7, 11) is 1.79. The van der Waals surface area contributed by atoms with Crippen molar-refractivity contribution in [2.75, 3.05) is 6.54 Å². The average molecular weight is 295 g/mol. The van der Waals surface area contributed by atoms with Gasteiger partial charge in [0.05, 0.1) is 0 Å². The Labute approximate surface area is 122 Å². The molecule has 0 fully saturated rings. The minimum absolute atomic E-state index is 0.0186. The van der Waals surface area contributed by atoms with E-state index in [1.165, 1.54) is 12.1 Å². The van der Waals surface area contributed by atoms with Gasteiger partial charge in [-0.1, -0.05) is 6.92 Å². The minimum Gasteiger partial charge on any atom is -0.480 e. The summed E-state index contributed by atoms with van der Waals surface area (Å²) in [6.07, 6.45) is 4.32. The number of rotatable bonds is 7. The number of halogens is 2. The van der Waals surface area contributed by atoms with Crippen molar-refractivity contribution < 1.29 is 13.5 Å². The van der Waals surface area contributed by atoms with Gasteiger partial charge in [0.25, 0.3) is 0 Å². The number of aromatic nitrogens is 2. The van der Waals surface area contributed by atoms with Crippen LogP contribution in [0.25, 0.3) is 0 Å². The van der Waals surface area contributed by atoms with Crippen molar-refractivity contribution in [2.45, 2.75) is 26.5 Å². The molecule has 114 valence electrons. The fourth-order valence-corrected chi connectivity index (χ4v) is 1.93. The first kappa shape index (κ1) is 15.4. The third-order valence-corrected chi connectivity index (χ3v) is 3.08. The summed E-state index contributed by atoms with van der Waals surface area (Å²) >= 11 is 0. The smallest absolute Gasteiger partial charge is 0.191 e. The van der Waals surface area contributed by atoms with E-state index >= 15 is 0 Å². The van der Waals surface area contributed by atoms with Crippen LogP contribution >= 0.6 is 0 Å². The molecule has 2 aromatic rings. The van der Waals surface area contributed by atoms with E-state index in [0.717, 1.165) is 13.0 Å². The second kappa shape index (κ2) is 7.17. The Kier molecular flexibility index (Phi) is 5.27. The fraction of sp³-hybridized carbons (Fsp3) is 0.400. The van der Waals surface area contributed by atoms with Gasteiger partial charge in [-0.05, 0) is 30.7 Å². The molecule has 0 saturated carbocycles. The quantitative estimate of drug-likeness (QED) is 0.798. The van der Waals surface area contributed by atoms with Gasteiger partial charge >= 0.3 is 0 Å². The topological polar surface area (TPSA) is 39.1 Å². The Morgan fingerprint density at radius 3 is 2.57 bits per heavy atom. The van der Waals surface area contributed by atoms with Gasteiger partial charge in [0, 0.05) is 26.0 Å². The molecular formula is C15H19F2N3O. The van der Waals surface area contributed by atoms with E-state index in [1.54, 1.807) is 24.0 Å². The highest BCUT2D eigenvalue weighted by molar-refractivity contribution is 5.31. The highest BCUT2D eigenvalue weighted by atomic mass is 19.1. The number of ether oxygens (including phenoxy) is 1. The number of hydrogen-bond acceptors (Lipinski definition) is 3. The summed E-state index contributed by atoms with van der Waals surface area (Å²) in [5, 5.41) is 3.10. The molecule has 0 amide bonds. The zero-order valence-corrected chi connectivity index (χ0v) is 12.2. The molecule has 0 aliphatic carbocycles. The van der Waals surface area contributed by atoms with E-state index in [2.05, 4.69) is 10.3 Å². The lowest BCUT2D eigenvalue weighted by Gasteiger charge is -2.10. The zero-order valence-electron chi connectivity index (χ0n) is 12.2. The Bertz CT molecular complexity index is 575. The normalized spacial score (nSPS) is 10.9. The first-order valence-electron chi connectivity index (χ1n) is 6.89. The summed E-state index contributed by atoms with van der Waals surface area (Å²) in [5.41, 5.74) is 0.558. The SMILES string of the molecule is CCCNCc1cc(F)c(OCc2nccn2C)c(F)c1. The highest BCUT2D eigenvalue weighted by Crippen LogP contribution is 2.24. The summed E-state index contributed by atoms with van der Waals surface area (Å²) in [6, 6.07) is 2.58. The summed E-state index contributed by atoms with van der Waals surface area (Å²) in [5.74, 6) is -1.16. The van der Waals surface area contributed by atoms with E-state index in [4.69, 9.17) is 4.74 Å². The summed E-state index contributed by atoms with van der Waals surface area (Å²) < 4.78 is 34.8. The summed E-state index contributed by atoms with van der Waals surface area (Å²) in [4.78, 5) is 4.04. The molecular weight excluding hydrogens is 276 g/mol. The molecule has 0 saturated heterocycles.